The molecular weight excluding hydrogens is 131 g/mol. The third-order valence-electron chi connectivity index (χ3n) is 1.48. The Labute approximate surface area is 60.3 Å². The van der Waals surface area contributed by atoms with E-state index in [9.17, 15) is 4.39 Å². The molecule has 1 atom stereocenters. The topological polar surface area (TPSA) is 0 Å². The first kappa shape index (κ1) is 9.15. The van der Waals surface area contributed by atoms with Crippen molar-refractivity contribution in [3.8, 4) is 0 Å². The smallest absolute Gasteiger partial charge is 0.105 e. The van der Waals surface area contributed by atoms with Crippen molar-refractivity contribution in [1.29, 1.82) is 0 Å². The fourth-order valence-corrected chi connectivity index (χ4v) is 1.19. The monoisotopic (exact) mass is 148 g/mol. The number of hydrogen-bond donors (Lipinski definition) is 0. The van der Waals surface area contributed by atoms with Crippen LogP contribution in [0.3, 0.4) is 0 Å². The van der Waals surface area contributed by atoms with Crippen LogP contribution in [0.15, 0.2) is 0 Å². The van der Waals surface area contributed by atoms with Gasteiger partial charge in [0.05, 0.1) is 0 Å². The van der Waals surface area contributed by atoms with E-state index in [4.69, 9.17) is 0 Å². The van der Waals surface area contributed by atoms with Gasteiger partial charge in [-0.25, -0.2) is 4.39 Å². The van der Waals surface area contributed by atoms with Gasteiger partial charge in [0, 0.05) is 10.2 Å². The van der Waals surface area contributed by atoms with E-state index < -0.39 is 6.17 Å². The first-order valence-electron chi connectivity index (χ1n) is 3.62. The summed E-state index contributed by atoms with van der Waals surface area (Å²) in [5.74, 6) is 0. The van der Waals surface area contributed by atoms with E-state index in [0.29, 0.717) is 0 Å². The van der Waals surface area contributed by atoms with Gasteiger partial charge in [0.1, 0.15) is 6.17 Å². The molecule has 0 saturated heterocycles. The van der Waals surface area contributed by atoms with Crippen molar-refractivity contribution >= 4 is 10.2 Å². The number of hydrogen-bond acceptors (Lipinski definition) is 0. The van der Waals surface area contributed by atoms with E-state index in [-0.39, 0.29) is 5.41 Å². The van der Waals surface area contributed by atoms with Crippen LogP contribution >= 0.6 is 0 Å². The molecule has 56 valence electrons. The maximum absolute atomic E-state index is 12.9. The van der Waals surface area contributed by atoms with Gasteiger partial charge in [-0.2, -0.15) is 0 Å². The maximum atomic E-state index is 12.9. The van der Waals surface area contributed by atoms with Crippen molar-refractivity contribution in [3.63, 3.8) is 0 Å². The molecule has 0 saturated carbocycles. The molecular formula is C7H17FSi. The molecule has 0 aliphatic heterocycles. The van der Waals surface area contributed by atoms with Crippen LogP contribution in [-0.2, 0) is 0 Å². The summed E-state index contributed by atoms with van der Waals surface area (Å²) < 4.78 is 12.9. The Hall–Kier alpha value is 0.147. The fraction of sp³-hybridized carbons (Fsp3) is 1.00. The van der Waals surface area contributed by atoms with Crippen LogP contribution in [0.25, 0.3) is 0 Å². The van der Waals surface area contributed by atoms with E-state index in [2.05, 4.69) is 0 Å². The minimum atomic E-state index is -0.602. The summed E-state index contributed by atoms with van der Waals surface area (Å²) in [6.07, 6.45) is 0.158. The highest BCUT2D eigenvalue weighted by Gasteiger charge is 2.22. The first-order chi connectivity index (χ1) is 3.98. The molecule has 0 N–H and O–H groups in total. The molecule has 0 amide bonds. The summed E-state index contributed by atoms with van der Waals surface area (Å²) >= 11 is 0. The SMILES string of the molecule is CC(C)(C)C(F)CC[SiH3]. The second-order valence-electron chi connectivity index (χ2n) is 3.62. The van der Waals surface area contributed by atoms with Crippen LogP contribution in [0.4, 0.5) is 4.39 Å². The molecule has 0 aromatic rings. The average Bonchev–Trinajstić information content (AvgIpc) is 1.64. The van der Waals surface area contributed by atoms with Gasteiger partial charge >= 0.3 is 0 Å². The lowest BCUT2D eigenvalue weighted by molar-refractivity contribution is 0.158. The highest BCUT2D eigenvalue weighted by atomic mass is 28.1. The van der Waals surface area contributed by atoms with Gasteiger partial charge < -0.3 is 0 Å². The second kappa shape index (κ2) is 3.35. The molecule has 0 nitrogen and oxygen atoms in total. The van der Waals surface area contributed by atoms with Crippen molar-refractivity contribution in [2.45, 2.75) is 39.4 Å². The molecule has 0 aromatic heterocycles. The van der Waals surface area contributed by atoms with Gasteiger partial charge in [-0.1, -0.05) is 26.8 Å². The van der Waals surface area contributed by atoms with E-state index in [0.717, 1.165) is 22.7 Å². The lowest BCUT2D eigenvalue weighted by atomic mass is 9.89. The van der Waals surface area contributed by atoms with Gasteiger partial charge in [-0.15, -0.1) is 0 Å². The summed E-state index contributed by atoms with van der Waals surface area (Å²) in [6, 6.07) is 1.08. The summed E-state index contributed by atoms with van der Waals surface area (Å²) in [6.45, 7) is 5.86. The average molecular weight is 148 g/mol. The molecule has 2 heteroatoms. The molecule has 0 fully saturated rings. The van der Waals surface area contributed by atoms with E-state index in [1.807, 2.05) is 20.8 Å². The Kier molecular flexibility index (Phi) is 3.40. The van der Waals surface area contributed by atoms with Crippen LogP contribution in [0.2, 0.25) is 6.04 Å². The number of rotatable bonds is 2. The van der Waals surface area contributed by atoms with Gasteiger partial charge in [-0.3, -0.25) is 0 Å². The highest BCUT2D eigenvalue weighted by molar-refractivity contribution is 6.08. The summed E-state index contributed by atoms with van der Waals surface area (Å²) in [4.78, 5) is 0. The minimum absolute atomic E-state index is 0.135. The quantitative estimate of drug-likeness (QED) is 0.521. The second-order valence-corrected chi connectivity index (χ2v) is 4.62. The van der Waals surface area contributed by atoms with Gasteiger partial charge in [0.25, 0.3) is 0 Å². The summed E-state index contributed by atoms with van der Waals surface area (Å²) in [5.41, 5.74) is -0.135. The van der Waals surface area contributed by atoms with Crippen LogP contribution in [0.1, 0.15) is 27.2 Å². The summed E-state index contributed by atoms with van der Waals surface area (Å²) in [5, 5.41) is 0. The molecule has 0 radical (unpaired) electrons. The fourth-order valence-electron chi connectivity index (χ4n) is 0.686. The predicted molar refractivity (Wildman–Crippen MR) is 43.7 cm³/mol. The van der Waals surface area contributed by atoms with E-state index >= 15 is 0 Å². The van der Waals surface area contributed by atoms with E-state index in [1.165, 1.54) is 0 Å². The molecule has 0 aliphatic carbocycles. The van der Waals surface area contributed by atoms with Gasteiger partial charge in [0.2, 0.25) is 0 Å². The van der Waals surface area contributed by atoms with Crippen molar-refractivity contribution in [2.75, 3.05) is 0 Å². The molecule has 0 bridgehead atoms. The predicted octanol–water partition coefficient (Wildman–Crippen LogP) is 1.54. The third-order valence-corrected chi connectivity index (χ3v) is 2.06. The first-order valence-corrected chi connectivity index (χ1v) is 5.04. The molecule has 0 aromatic carbocycles. The Morgan fingerprint density at radius 2 is 1.89 bits per heavy atom. The largest absolute Gasteiger partial charge is 0.247 e. The molecule has 0 rings (SSSR count). The van der Waals surface area contributed by atoms with Gasteiger partial charge in [0.15, 0.2) is 0 Å². The Morgan fingerprint density at radius 3 is 2.00 bits per heavy atom. The number of alkyl halides is 1. The molecule has 0 spiro atoms. The molecule has 9 heavy (non-hydrogen) atoms. The standard InChI is InChI=1S/C7H17FSi/c1-7(2,3)6(8)4-5-9/h6H,4-5H2,1-3,9H3. The molecule has 1 unspecified atom stereocenters. The zero-order chi connectivity index (χ0) is 7.49. The highest BCUT2D eigenvalue weighted by Crippen LogP contribution is 2.25. The van der Waals surface area contributed by atoms with Crippen LogP contribution in [-0.4, -0.2) is 16.4 Å². The van der Waals surface area contributed by atoms with Gasteiger partial charge in [-0.05, 0) is 11.8 Å². The minimum Gasteiger partial charge on any atom is -0.247 e. The molecule has 0 heterocycles. The van der Waals surface area contributed by atoms with Crippen molar-refractivity contribution in [3.05, 3.63) is 0 Å². The Balaban J connectivity index is 3.59. The van der Waals surface area contributed by atoms with Crippen LogP contribution < -0.4 is 0 Å². The number of halogens is 1. The zero-order valence-electron chi connectivity index (χ0n) is 6.87. The van der Waals surface area contributed by atoms with Crippen LogP contribution in [0, 0.1) is 5.41 Å². The van der Waals surface area contributed by atoms with Crippen molar-refractivity contribution in [1.82, 2.24) is 0 Å². The summed E-state index contributed by atoms with van der Waals surface area (Å²) in [7, 11) is 1.13. The van der Waals surface area contributed by atoms with Crippen molar-refractivity contribution in [2.24, 2.45) is 5.41 Å². The van der Waals surface area contributed by atoms with Crippen molar-refractivity contribution < 1.29 is 4.39 Å². The Bertz CT molecular complexity index is 75.5. The maximum Gasteiger partial charge on any atom is 0.105 e. The van der Waals surface area contributed by atoms with Crippen LogP contribution in [0.5, 0.6) is 0 Å². The van der Waals surface area contributed by atoms with E-state index in [1.54, 1.807) is 0 Å². The normalized spacial score (nSPS) is 16.0. The lowest BCUT2D eigenvalue weighted by Crippen LogP contribution is -2.21. The molecule has 0 aliphatic rings. The third kappa shape index (κ3) is 3.68. The lowest BCUT2D eigenvalue weighted by Gasteiger charge is -2.22. The zero-order valence-corrected chi connectivity index (χ0v) is 8.87. The Morgan fingerprint density at radius 1 is 1.44 bits per heavy atom.